The fraction of sp³-hybridized carbons (Fsp3) is 0. The SMILES string of the molecule is O=c1[nH]ccc2[nH]cc(I)c12. The molecule has 4 heteroatoms. The second-order valence-electron chi connectivity index (χ2n) is 2.23. The number of rotatable bonds is 0. The Labute approximate surface area is 76.0 Å². The fourth-order valence-corrected chi connectivity index (χ4v) is 1.74. The van der Waals surface area contributed by atoms with Gasteiger partial charge in [-0.15, -0.1) is 0 Å². The summed E-state index contributed by atoms with van der Waals surface area (Å²) in [6.45, 7) is 0. The summed E-state index contributed by atoms with van der Waals surface area (Å²) in [6, 6.07) is 1.85. The zero-order chi connectivity index (χ0) is 7.84. The Morgan fingerprint density at radius 1 is 1.36 bits per heavy atom. The van der Waals surface area contributed by atoms with Gasteiger partial charge in [0.15, 0.2) is 0 Å². The number of hydrogen-bond donors (Lipinski definition) is 2. The van der Waals surface area contributed by atoms with Crippen LogP contribution in [0.25, 0.3) is 10.9 Å². The molecule has 0 spiro atoms. The molecule has 56 valence electrons. The first-order valence-corrected chi connectivity index (χ1v) is 4.21. The number of pyridine rings is 1. The molecular formula is C7H5IN2O. The van der Waals surface area contributed by atoms with Crippen molar-refractivity contribution < 1.29 is 0 Å². The number of H-pyrrole nitrogens is 2. The monoisotopic (exact) mass is 260 g/mol. The second-order valence-corrected chi connectivity index (χ2v) is 3.39. The Morgan fingerprint density at radius 3 is 2.91 bits per heavy atom. The summed E-state index contributed by atoms with van der Waals surface area (Å²) in [5.74, 6) is 0. The minimum Gasteiger partial charge on any atom is -0.360 e. The summed E-state index contributed by atoms with van der Waals surface area (Å²) in [7, 11) is 0. The molecule has 0 atom stereocenters. The molecule has 0 amide bonds. The molecular weight excluding hydrogens is 255 g/mol. The van der Waals surface area contributed by atoms with Gasteiger partial charge < -0.3 is 9.97 Å². The van der Waals surface area contributed by atoms with E-state index in [-0.39, 0.29) is 5.56 Å². The largest absolute Gasteiger partial charge is 0.360 e. The Kier molecular flexibility index (Phi) is 1.49. The van der Waals surface area contributed by atoms with E-state index in [0.29, 0.717) is 0 Å². The molecule has 0 aromatic carbocycles. The molecule has 0 bridgehead atoms. The molecule has 2 N–H and O–H groups in total. The first kappa shape index (κ1) is 6.90. The summed E-state index contributed by atoms with van der Waals surface area (Å²) >= 11 is 2.13. The predicted molar refractivity (Wildman–Crippen MR) is 51.6 cm³/mol. The van der Waals surface area contributed by atoms with Crippen molar-refractivity contribution in [3.63, 3.8) is 0 Å². The van der Waals surface area contributed by atoms with Crippen molar-refractivity contribution in [2.45, 2.75) is 0 Å². The van der Waals surface area contributed by atoms with E-state index in [4.69, 9.17) is 0 Å². The Balaban J connectivity index is 3.08. The van der Waals surface area contributed by atoms with E-state index in [2.05, 4.69) is 32.6 Å². The third kappa shape index (κ3) is 0.973. The summed E-state index contributed by atoms with van der Waals surface area (Å²) < 4.78 is 0.958. The van der Waals surface area contributed by atoms with Crippen LogP contribution in [0.2, 0.25) is 0 Å². The minimum absolute atomic E-state index is 0.0341. The highest BCUT2D eigenvalue weighted by Gasteiger charge is 2.02. The molecule has 2 aromatic heterocycles. The van der Waals surface area contributed by atoms with Crippen LogP contribution in [0.15, 0.2) is 23.3 Å². The first-order chi connectivity index (χ1) is 5.29. The molecule has 0 radical (unpaired) electrons. The summed E-state index contributed by atoms with van der Waals surface area (Å²) in [6.07, 6.45) is 3.46. The van der Waals surface area contributed by atoms with Crippen molar-refractivity contribution >= 4 is 33.5 Å². The second kappa shape index (κ2) is 2.37. The highest BCUT2D eigenvalue weighted by molar-refractivity contribution is 14.1. The van der Waals surface area contributed by atoms with Crippen molar-refractivity contribution in [3.8, 4) is 0 Å². The fourth-order valence-electron chi connectivity index (χ4n) is 1.05. The van der Waals surface area contributed by atoms with Crippen LogP contribution in [0.4, 0.5) is 0 Å². The lowest BCUT2D eigenvalue weighted by atomic mass is 10.3. The van der Waals surface area contributed by atoms with Gasteiger partial charge in [-0.05, 0) is 28.7 Å². The predicted octanol–water partition coefficient (Wildman–Crippen LogP) is 1.46. The van der Waals surface area contributed by atoms with Gasteiger partial charge in [0.25, 0.3) is 5.56 Å². The third-order valence-electron chi connectivity index (χ3n) is 1.55. The molecule has 0 aliphatic rings. The molecule has 3 nitrogen and oxygen atoms in total. The van der Waals surface area contributed by atoms with Crippen LogP contribution in [0.5, 0.6) is 0 Å². The summed E-state index contributed by atoms with van der Waals surface area (Å²) in [4.78, 5) is 16.8. The van der Waals surface area contributed by atoms with Gasteiger partial charge in [-0.3, -0.25) is 4.79 Å². The molecule has 2 rings (SSSR count). The number of nitrogens with one attached hydrogen (secondary N) is 2. The van der Waals surface area contributed by atoms with E-state index < -0.39 is 0 Å². The quantitative estimate of drug-likeness (QED) is 0.692. The Hall–Kier alpha value is -0.780. The van der Waals surface area contributed by atoms with E-state index in [1.165, 1.54) is 0 Å². The van der Waals surface area contributed by atoms with E-state index in [0.717, 1.165) is 14.5 Å². The van der Waals surface area contributed by atoms with E-state index in [1.54, 1.807) is 6.20 Å². The molecule has 2 heterocycles. The molecule has 0 saturated carbocycles. The van der Waals surface area contributed by atoms with Crippen molar-refractivity contribution in [2.24, 2.45) is 0 Å². The Bertz CT molecular complexity index is 443. The molecule has 0 fully saturated rings. The maximum Gasteiger partial charge on any atom is 0.258 e. The lowest BCUT2D eigenvalue weighted by Gasteiger charge is -1.86. The van der Waals surface area contributed by atoms with Crippen LogP contribution in [0.3, 0.4) is 0 Å². The molecule has 11 heavy (non-hydrogen) atoms. The zero-order valence-electron chi connectivity index (χ0n) is 5.52. The molecule has 0 aliphatic carbocycles. The van der Waals surface area contributed by atoms with Gasteiger partial charge in [-0.1, -0.05) is 0 Å². The topological polar surface area (TPSA) is 48.6 Å². The van der Waals surface area contributed by atoms with Gasteiger partial charge in [0.05, 0.1) is 10.9 Å². The minimum atomic E-state index is -0.0341. The normalized spacial score (nSPS) is 10.6. The highest BCUT2D eigenvalue weighted by Crippen LogP contribution is 2.14. The average Bonchev–Trinajstić information content (AvgIpc) is 2.34. The van der Waals surface area contributed by atoms with Gasteiger partial charge in [0.2, 0.25) is 0 Å². The van der Waals surface area contributed by atoms with Gasteiger partial charge in [0, 0.05) is 16.0 Å². The maximum atomic E-state index is 11.2. The maximum absolute atomic E-state index is 11.2. The number of hydrogen-bond acceptors (Lipinski definition) is 1. The van der Waals surface area contributed by atoms with Crippen molar-refractivity contribution in [3.05, 3.63) is 32.4 Å². The van der Waals surface area contributed by atoms with Crippen LogP contribution < -0.4 is 5.56 Å². The number of aromatic nitrogens is 2. The van der Waals surface area contributed by atoms with Gasteiger partial charge in [0.1, 0.15) is 0 Å². The standard InChI is InChI=1S/C7H5IN2O/c8-4-3-10-5-1-2-9-7(11)6(4)5/h1-3,10H,(H,9,11). The van der Waals surface area contributed by atoms with Crippen molar-refractivity contribution in [2.75, 3.05) is 0 Å². The smallest absolute Gasteiger partial charge is 0.258 e. The first-order valence-electron chi connectivity index (χ1n) is 3.13. The molecule has 0 saturated heterocycles. The van der Waals surface area contributed by atoms with Crippen molar-refractivity contribution in [1.82, 2.24) is 9.97 Å². The van der Waals surface area contributed by atoms with Gasteiger partial charge in [-0.25, -0.2) is 0 Å². The lowest BCUT2D eigenvalue weighted by molar-refractivity contribution is 1.27. The molecule has 0 aliphatic heterocycles. The van der Waals surface area contributed by atoms with E-state index in [9.17, 15) is 4.79 Å². The average molecular weight is 260 g/mol. The number of aromatic amines is 2. The van der Waals surface area contributed by atoms with Crippen LogP contribution in [-0.2, 0) is 0 Å². The third-order valence-corrected chi connectivity index (χ3v) is 2.40. The summed E-state index contributed by atoms with van der Waals surface area (Å²) in [5, 5.41) is 0.744. The lowest BCUT2D eigenvalue weighted by Crippen LogP contribution is -2.03. The number of halogens is 1. The van der Waals surface area contributed by atoms with Crippen LogP contribution in [0.1, 0.15) is 0 Å². The van der Waals surface area contributed by atoms with E-state index in [1.807, 2.05) is 12.3 Å². The molecule has 2 aromatic rings. The van der Waals surface area contributed by atoms with Gasteiger partial charge in [-0.2, -0.15) is 0 Å². The van der Waals surface area contributed by atoms with Crippen molar-refractivity contribution in [1.29, 1.82) is 0 Å². The zero-order valence-corrected chi connectivity index (χ0v) is 7.68. The summed E-state index contributed by atoms with van der Waals surface area (Å²) in [5.41, 5.74) is 0.853. The van der Waals surface area contributed by atoms with Crippen LogP contribution in [0, 0.1) is 3.57 Å². The van der Waals surface area contributed by atoms with E-state index >= 15 is 0 Å². The highest BCUT2D eigenvalue weighted by atomic mass is 127. The number of fused-ring (bicyclic) bond motifs is 1. The van der Waals surface area contributed by atoms with Gasteiger partial charge >= 0.3 is 0 Å². The van der Waals surface area contributed by atoms with Crippen LogP contribution >= 0.6 is 22.6 Å². The Morgan fingerprint density at radius 2 is 2.18 bits per heavy atom. The van der Waals surface area contributed by atoms with Crippen LogP contribution in [-0.4, -0.2) is 9.97 Å². The molecule has 0 unspecified atom stereocenters.